The van der Waals surface area contributed by atoms with Gasteiger partial charge in [-0.2, -0.15) is 0 Å². The van der Waals surface area contributed by atoms with Crippen molar-refractivity contribution in [3.63, 3.8) is 0 Å². The van der Waals surface area contributed by atoms with Gasteiger partial charge in [0, 0.05) is 18.3 Å². The van der Waals surface area contributed by atoms with Gasteiger partial charge in [-0.25, -0.2) is 10.8 Å². The third-order valence-corrected chi connectivity index (χ3v) is 3.90. The standard InChI is InChI=1S/C13H18N4O2/c14-16-12-8-9(4-5-15-12)13(18)17-6-7-19-11-3-1-2-10(11)17/h4-5,8,10-11H,1-3,6-7,14H2,(H,15,16). The van der Waals surface area contributed by atoms with Crippen molar-refractivity contribution < 1.29 is 9.53 Å². The Bertz CT molecular complexity index is 479. The van der Waals surface area contributed by atoms with Gasteiger partial charge >= 0.3 is 0 Å². The number of morpholine rings is 1. The molecule has 1 aromatic heterocycles. The number of nitrogens with zero attached hydrogens (tertiary/aromatic N) is 2. The molecular weight excluding hydrogens is 244 g/mol. The molecule has 6 nitrogen and oxygen atoms in total. The summed E-state index contributed by atoms with van der Waals surface area (Å²) >= 11 is 0. The molecule has 1 aliphatic carbocycles. The second-order valence-corrected chi connectivity index (χ2v) is 4.98. The number of aromatic nitrogens is 1. The van der Waals surface area contributed by atoms with Crippen LogP contribution < -0.4 is 11.3 Å². The van der Waals surface area contributed by atoms with E-state index in [-0.39, 0.29) is 18.1 Å². The number of hydrogen-bond donors (Lipinski definition) is 2. The second-order valence-electron chi connectivity index (χ2n) is 4.98. The molecule has 2 unspecified atom stereocenters. The lowest BCUT2D eigenvalue weighted by atomic mass is 10.1. The van der Waals surface area contributed by atoms with E-state index in [1.165, 1.54) is 0 Å². The van der Waals surface area contributed by atoms with E-state index in [1.807, 2.05) is 4.90 Å². The lowest BCUT2D eigenvalue weighted by Crippen LogP contribution is -2.51. The number of pyridine rings is 1. The van der Waals surface area contributed by atoms with Gasteiger partial charge < -0.3 is 15.1 Å². The van der Waals surface area contributed by atoms with Crippen LogP contribution in [0.3, 0.4) is 0 Å². The van der Waals surface area contributed by atoms with Gasteiger partial charge in [-0.3, -0.25) is 4.79 Å². The number of ether oxygens (including phenoxy) is 1. The zero-order valence-corrected chi connectivity index (χ0v) is 10.7. The number of carbonyl (C=O) groups excluding carboxylic acids is 1. The fourth-order valence-corrected chi connectivity index (χ4v) is 2.99. The monoisotopic (exact) mass is 262 g/mol. The van der Waals surface area contributed by atoms with Crippen LogP contribution in [0.1, 0.15) is 29.6 Å². The van der Waals surface area contributed by atoms with E-state index in [0.717, 1.165) is 19.3 Å². The molecule has 1 saturated carbocycles. The first-order valence-corrected chi connectivity index (χ1v) is 6.65. The molecule has 3 rings (SSSR count). The Kier molecular flexibility index (Phi) is 3.35. The lowest BCUT2D eigenvalue weighted by Gasteiger charge is -2.37. The number of amides is 1. The van der Waals surface area contributed by atoms with Crippen LogP contribution in [0.2, 0.25) is 0 Å². The number of nitrogen functional groups attached to an aromatic ring is 1. The summed E-state index contributed by atoms with van der Waals surface area (Å²) in [6.45, 7) is 1.29. The van der Waals surface area contributed by atoms with Crippen LogP contribution in [0.5, 0.6) is 0 Å². The summed E-state index contributed by atoms with van der Waals surface area (Å²) in [4.78, 5) is 18.5. The summed E-state index contributed by atoms with van der Waals surface area (Å²) in [5.41, 5.74) is 3.09. The molecule has 19 heavy (non-hydrogen) atoms. The Morgan fingerprint density at radius 1 is 1.53 bits per heavy atom. The van der Waals surface area contributed by atoms with Crippen molar-refractivity contribution in [1.29, 1.82) is 0 Å². The molecule has 0 spiro atoms. The van der Waals surface area contributed by atoms with Gasteiger partial charge in [-0.1, -0.05) is 0 Å². The third kappa shape index (κ3) is 2.29. The molecule has 0 bridgehead atoms. The molecule has 2 atom stereocenters. The highest BCUT2D eigenvalue weighted by molar-refractivity contribution is 5.95. The summed E-state index contributed by atoms with van der Waals surface area (Å²) in [5, 5.41) is 0. The number of carbonyl (C=O) groups is 1. The van der Waals surface area contributed by atoms with Crippen molar-refractivity contribution in [2.45, 2.75) is 31.4 Å². The first-order chi connectivity index (χ1) is 9.29. The molecular formula is C13H18N4O2. The molecule has 0 radical (unpaired) electrons. The van der Waals surface area contributed by atoms with Gasteiger partial charge in [0.1, 0.15) is 5.82 Å². The van der Waals surface area contributed by atoms with Crippen LogP contribution >= 0.6 is 0 Å². The molecule has 6 heteroatoms. The minimum atomic E-state index is 0.0408. The maximum Gasteiger partial charge on any atom is 0.254 e. The Morgan fingerprint density at radius 3 is 3.26 bits per heavy atom. The topological polar surface area (TPSA) is 80.5 Å². The zero-order chi connectivity index (χ0) is 13.2. The van der Waals surface area contributed by atoms with E-state index < -0.39 is 0 Å². The third-order valence-electron chi connectivity index (χ3n) is 3.90. The van der Waals surface area contributed by atoms with Crippen LogP contribution in [-0.4, -0.2) is 41.1 Å². The number of anilines is 1. The Morgan fingerprint density at radius 2 is 2.42 bits per heavy atom. The van der Waals surface area contributed by atoms with Crippen molar-refractivity contribution in [3.8, 4) is 0 Å². The Balaban J connectivity index is 1.82. The van der Waals surface area contributed by atoms with Crippen LogP contribution in [0.15, 0.2) is 18.3 Å². The predicted octanol–water partition coefficient (Wildman–Crippen LogP) is 0.761. The quantitative estimate of drug-likeness (QED) is 0.607. The van der Waals surface area contributed by atoms with E-state index in [2.05, 4.69) is 10.4 Å². The van der Waals surface area contributed by atoms with Gasteiger partial charge in [0.2, 0.25) is 0 Å². The molecule has 0 aromatic carbocycles. The summed E-state index contributed by atoms with van der Waals surface area (Å²) < 4.78 is 5.72. The Labute approximate surface area is 111 Å². The van der Waals surface area contributed by atoms with E-state index in [4.69, 9.17) is 10.6 Å². The number of nitrogens with one attached hydrogen (secondary N) is 1. The fourth-order valence-electron chi connectivity index (χ4n) is 2.99. The summed E-state index contributed by atoms with van der Waals surface area (Å²) in [6, 6.07) is 3.63. The van der Waals surface area contributed by atoms with Crippen LogP contribution in [0.4, 0.5) is 5.82 Å². The summed E-state index contributed by atoms with van der Waals surface area (Å²) in [7, 11) is 0. The second kappa shape index (κ2) is 5.14. The fraction of sp³-hybridized carbons (Fsp3) is 0.538. The molecule has 2 heterocycles. The molecule has 2 aliphatic rings. The largest absolute Gasteiger partial charge is 0.374 e. The SMILES string of the molecule is NNc1cc(C(=O)N2CCOC3CCCC32)ccn1. The maximum atomic E-state index is 12.6. The minimum Gasteiger partial charge on any atom is -0.374 e. The number of fused-ring (bicyclic) bond motifs is 1. The summed E-state index contributed by atoms with van der Waals surface area (Å²) in [6.07, 6.45) is 5.02. The minimum absolute atomic E-state index is 0.0408. The first-order valence-electron chi connectivity index (χ1n) is 6.65. The maximum absolute atomic E-state index is 12.6. The predicted molar refractivity (Wildman–Crippen MR) is 70.5 cm³/mol. The average molecular weight is 262 g/mol. The number of nitrogens with two attached hydrogens (primary N) is 1. The van der Waals surface area contributed by atoms with Crippen molar-refractivity contribution in [3.05, 3.63) is 23.9 Å². The smallest absolute Gasteiger partial charge is 0.254 e. The highest BCUT2D eigenvalue weighted by atomic mass is 16.5. The molecule has 102 valence electrons. The van der Waals surface area contributed by atoms with Gasteiger partial charge in [0.25, 0.3) is 5.91 Å². The van der Waals surface area contributed by atoms with E-state index >= 15 is 0 Å². The average Bonchev–Trinajstić information content (AvgIpc) is 2.95. The molecule has 1 saturated heterocycles. The van der Waals surface area contributed by atoms with Gasteiger partial charge in [0.05, 0.1) is 18.8 Å². The van der Waals surface area contributed by atoms with Crippen molar-refractivity contribution in [2.75, 3.05) is 18.6 Å². The molecule has 3 N–H and O–H groups in total. The van der Waals surface area contributed by atoms with Crippen molar-refractivity contribution in [1.82, 2.24) is 9.88 Å². The van der Waals surface area contributed by atoms with Gasteiger partial charge in [-0.05, 0) is 31.4 Å². The zero-order valence-electron chi connectivity index (χ0n) is 10.7. The number of hydrogen-bond acceptors (Lipinski definition) is 5. The number of hydrazine groups is 1. The molecule has 2 fully saturated rings. The van der Waals surface area contributed by atoms with Crippen LogP contribution in [0, 0.1) is 0 Å². The molecule has 1 aromatic rings. The molecule has 1 aliphatic heterocycles. The van der Waals surface area contributed by atoms with Crippen molar-refractivity contribution >= 4 is 11.7 Å². The molecule has 1 amide bonds. The Hall–Kier alpha value is -1.66. The van der Waals surface area contributed by atoms with Crippen molar-refractivity contribution in [2.24, 2.45) is 5.84 Å². The normalized spacial score (nSPS) is 26.1. The van der Waals surface area contributed by atoms with E-state index in [1.54, 1.807) is 18.3 Å². The number of rotatable bonds is 2. The highest BCUT2D eigenvalue weighted by Gasteiger charge is 2.38. The van der Waals surface area contributed by atoms with Gasteiger partial charge in [0.15, 0.2) is 0 Å². The van der Waals surface area contributed by atoms with E-state index in [0.29, 0.717) is 24.5 Å². The highest BCUT2D eigenvalue weighted by Crippen LogP contribution is 2.30. The van der Waals surface area contributed by atoms with Crippen LogP contribution in [-0.2, 0) is 4.74 Å². The summed E-state index contributed by atoms with van der Waals surface area (Å²) in [5.74, 6) is 5.87. The van der Waals surface area contributed by atoms with E-state index in [9.17, 15) is 4.79 Å². The first kappa shape index (κ1) is 12.4. The van der Waals surface area contributed by atoms with Gasteiger partial charge in [-0.15, -0.1) is 0 Å². The lowest BCUT2D eigenvalue weighted by molar-refractivity contribution is -0.0445. The van der Waals surface area contributed by atoms with Crippen LogP contribution in [0.25, 0.3) is 0 Å².